The minimum absolute atomic E-state index is 0.159. The molecule has 4 nitrogen and oxygen atoms in total. The predicted octanol–water partition coefficient (Wildman–Crippen LogP) is 3.09. The highest BCUT2D eigenvalue weighted by Gasteiger charge is 2.24. The lowest BCUT2D eigenvalue weighted by Crippen LogP contribution is -2.39. The summed E-state index contributed by atoms with van der Waals surface area (Å²) in [6.45, 7) is 5.47. The van der Waals surface area contributed by atoms with Crippen LogP contribution in [0.15, 0.2) is 42.1 Å². The third kappa shape index (κ3) is 4.49. The number of allylic oxidation sites excluding steroid dienone is 3. The molecular formula is C24H32N2O2. The first-order chi connectivity index (χ1) is 13.6. The van der Waals surface area contributed by atoms with Crippen molar-refractivity contribution in [3.8, 4) is 0 Å². The van der Waals surface area contributed by atoms with E-state index in [0.717, 1.165) is 58.3 Å². The third-order valence-corrected chi connectivity index (χ3v) is 6.51. The number of carbonyl (C=O) groups excluding carboxylic acids is 1. The Morgan fingerprint density at radius 3 is 2.71 bits per heavy atom. The van der Waals surface area contributed by atoms with Crippen molar-refractivity contribution in [1.82, 2.24) is 9.80 Å². The normalized spacial score (nSPS) is 22.8. The van der Waals surface area contributed by atoms with E-state index in [9.17, 15) is 9.90 Å². The summed E-state index contributed by atoms with van der Waals surface area (Å²) in [6, 6.07) is 6.78. The molecule has 0 aromatic heterocycles. The van der Waals surface area contributed by atoms with Gasteiger partial charge in [-0.05, 0) is 73.3 Å². The van der Waals surface area contributed by atoms with Gasteiger partial charge in [0.2, 0.25) is 5.91 Å². The lowest BCUT2D eigenvalue weighted by atomic mass is 9.89. The first-order valence-electron chi connectivity index (χ1n) is 10.8. The monoisotopic (exact) mass is 380 g/mol. The molecule has 150 valence electrons. The molecule has 4 rings (SSSR count). The molecule has 0 saturated carbocycles. The van der Waals surface area contributed by atoms with Crippen molar-refractivity contribution in [2.75, 3.05) is 26.2 Å². The number of hydrogen-bond acceptors (Lipinski definition) is 3. The summed E-state index contributed by atoms with van der Waals surface area (Å²) in [7, 11) is 0. The Kier molecular flexibility index (Phi) is 5.86. The molecule has 1 aromatic carbocycles. The zero-order valence-electron chi connectivity index (χ0n) is 16.9. The molecule has 0 radical (unpaired) electrons. The highest BCUT2D eigenvalue weighted by Crippen LogP contribution is 2.25. The van der Waals surface area contributed by atoms with E-state index in [1.54, 1.807) is 6.92 Å². The molecule has 1 unspecified atom stereocenters. The topological polar surface area (TPSA) is 43.8 Å². The van der Waals surface area contributed by atoms with Crippen molar-refractivity contribution in [2.24, 2.45) is 5.92 Å². The van der Waals surface area contributed by atoms with Crippen molar-refractivity contribution in [1.29, 1.82) is 0 Å². The van der Waals surface area contributed by atoms with Gasteiger partial charge in [0.25, 0.3) is 0 Å². The molecule has 1 amide bonds. The van der Waals surface area contributed by atoms with E-state index in [0.29, 0.717) is 12.3 Å². The fourth-order valence-electron chi connectivity index (χ4n) is 4.84. The van der Waals surface area contributed by atoms with Crippen molar-refractivity contribution < 1.29 is 9.90 Å². The first-order valence-corrected chi connectivity index (χ1v) is 10.8. The number of aliphatic hydroxyl groups excluding tert-OH is 1. The molecule has 0 spiro atoms. The van der Waals surface area contributed by atoms with Gasteiger partial charge in [0, 0.05) is 38.8 Å². The Hall–Kier alpha value is -2.07. The molecule has 1 fully saturated rings. The van der Waals surface area contributed by atoms with Crippen LogP contribution in [-0.4, -0.2) is 53.1 Å². The highest BCUT2D eigenvalue weighted by molar-refractivity contribution is 5.73. The Morgan fingerprint density at radius 1 is 1.21 bits per heavy atom. The molecular weight excluding hydrogens is 348 g/mol. The van der Waals surface area contributed by atoms with Gasteiger partial charge in [-0.2, -0.15) is 0 Å². The van der Waals surface area contributed by atoms with Crippen molar-refractivity contribution >= 4 is 5.91 Å². The quantitative estimate of drug-likeness (QED) is 0.854. The zero-order chi connectivity index (χ0) is 19.5. The highest BCUT2D eigenvalue weighted by atomic mass is 16.3. The molecule has 1 N–H and O–H groups in total. The Morgan fingerprint density at radius 2 is 2.00 bits per heavy atom. The van der Waals surface area contributed by atoms with Crippen LogP contribution in [0.25, 0.3) is 0 Å². The number of piperidine rings is 1. The van der Waals surface area contributed by atoms with Crippen molar-refractivity contribution in [3.63, 3.8) is 0 Å². The molecule has 2 heterocycles. The van der Waals surface area contributed by atoms with Crippen molar-refractivity contribution in [3.05, 3.63) is 58.8 Å². The molecule has 2 atom stereocenters. The molecule has 1 aromatic rings. The minimum Gasteiger partial charge on any atom is -0.393 e. The second-order valence-corrected chi connectivity index (χ2v) is 8.61. The molecule has 1 aliphatic carbocycles. The number of hydrogen-bond donors (Lipinski definition) is 1. The van der Waals surface area contributed by atoms with E-state index >= 15 is 0 Å². The third-order valence-electron chi connectivity index (χ3n) is 6.51. The predicted molar refractivity (Wildman–Crippen MR) is 112 cm³/mol. The number of benzene rings is 1. The van der Waals surface area contributed by atoms with Crippen LogP contribution in [-0.2, 0) is 24.1 Å². The van der Waals surface area contributed by atoms with E-state index in [-0.39, 0.29) is 12.0 Å². The van der Waals surface area contributed by atoms with Crippen LogP contribution in [0.2, 0.25) is 0 Å². The number of rotatable bonds is 5. The lowest BCUT2D eigenvalue weighted by Gasteiger charge is -2.33. The SMILES string of the molecule is CC(=O)N1CCC[C@@H](CC(O)Cc2ccc3c(c2)CCN(C2=CC=C2)CC3)C1. The molecule has 4 heteroatoms. The number of nitrogens with zero attached hydrogens (tertiary/aromatic N) is 2. The van der Waals surface area contributed by atoms with E-state index < -0.39 is 0 Å². The van der Waals surface area contributed by atoms with Gasteiger partial charge >= 0.3 is 0 Å². The summed E-state index contributed by atoms with van der Waals surface area (Å²) in [5, 5.41) is 10.7. The van der Waals surface area contributed by atoms with E-state index in [1.807, 2.05) is 4.90 Å². The Labute approximate surface area is 168 Å². The average Bonchev–Trinajstić information content (AvgIpc) is 2.83. The average molecular weight is 381 g/mol. The summed E-state index contributed by atoms with van der Waals surface area (Å²) < 4.78 is 0. The first kappa shape index (κ1) is 19.3. The summed E-state index contributed by atoms with van der Waals surface area (Å²) in [5.41, 5.74) is 5.49. The van der Waals surface area contributed by atoms with Crippen LogP contribution in [0.5, 0.6) is 0 Å². The van der Waals surface area contributed by atoms with E-state index in [2.05, 4.69) is 41.3 Å². The number of amides is 1. The van der Waals surface area contributed by atoms with Gasteiger partial charge in [-0.3, -0.25) is 4.79 Å². The fourth-order valence-corrected chi connectivity index (χ4v) is 4.84. The molecule has 2 aliphatic heterocycles. The minimum atomic E-state index is -0.331. The number of likely N-dealkylation sites (tertiary alicyclic amines) is 1. The molecule has 1 saturated heterocycles. The number of carbonyl (C=O) groups is 1. The summed E-state index contributed by atoms with van der Waals surface area (Å²) in [6.07, 6.45) is 12.0. The number of aliphatic hydroxyl groups is 1. The van der Waals surface area contributed by atoms with Gasteiger partial charge in [0.05, 0.1) is 6.10 Å². The van der Waals surface area contributed by atoms with Gasteiger partial charge in [0.15, 0.2) is 0 Å². The fraction of sp³-hybridized carbons (Fsp3) is 0.542. The van der Waals surface area contributed by atoms with Crippen molar-refractivity contribution in [2.45, 2.75) is 51.6 Å². The second kappa shape index (κ2) is 8.52. The van der Waals surface area contributed by atoms with E-state index in [4.69, 9.17) is 0 Å². The summed E-state index contributed by atoms with van der Waals surface area (Å²) in [5.74, 6) is 0.581. The van der Waals surface area contributed by atoms with Crippen LogP contribution in [0, 0.1) is 5.92 Å². The maximum atomic E-state index is 11.6. The summed E-state index contributed by atoms with van der Waals surface area (Å²) >= 11 is 0. The summed E-state index contributed by atoms with van der Waals surface area (Å²) in [4.78, 5) is 16.0. The maximum absolute atomic E-state index is 11.6. The van der Waals surface area contributed by atoms with Gasteiger partial charge in [-0.1, -0.05) is 24.3 Å². The standard InChI is InChI=1S/C24H32N2O2/c1-18(27)26-11-3-4-20(17-26)16-24(28)15-19-7-8-21-9-12-25(23-5-2-6-23)13-10-22(21)14-19/h2,5-8,14,20,24,28H,3-4,9-13,15-17H2,1H3/t20-,24?/m0/s1. The zero-order valence-corrected chi connectivity index (χ0v) is 16.9. The Balaban J connectivity index is 1.33. The van der Waals surface area contributed by atoms with E-state index in [1.165, 1.54) is 22.4 Å². The van der Waals surface area contributed by atoms with Crippen LogP contribution in [0.3, 0.4) is 0 Å². The largest absolute Gasteiger partial charge is 0.393 e. The molecule has 28 heavy (non-hydrogen) atoms. The van der Waals surface area contributed by atoms with Gasteiger partial charge in [-0.25, -0.2) is 0 Å². The van der Waals surface area contributed by atoms with Crippen LogP contribution >= 0.6 is 0 Å². The lowest BCUT2D eigenvalue weighted by molar-refractivity contribution is -0.130. The smallest absolute Gasteiger partial charge is 0.219 e. The maximum Gasteiger partial charge on any atom is 0.219 e. The van der Waals surface area contributed by atoms with Gasteiger partial charge in [0.1, 0.15) is 0 Å². The second-order valence-electron chi connectivity index (χ2n) is 8.61. The van der Waals surface area contributed by atoms with Crippen LogP contribution < -0.4 is 0 Å². The van der Waals surface area contributed by atoms with Crippen LogP contribution in [0.1, 0.15) is 42.9 Å². The van der Waals surface area contributed by atoms with Gasteiger partial charge < -0.3 is 14.9 Å². The molecule has 0 bridgehead atoms. The van der Waals surface area contributed by atoms with Crippen LogP contribution in [0.4, 0.5) is 0 Å². The number of fused-ring (bicyclic) bond motifs is 1. The molecule has 3 aliphatic rings. The Bertz CT molecular complexity index is 783. The van der Waals surface area contributed by atoms with Gasteiger partial charge in [-0.15, -0.1) is 0 Å².